The van der Waals surface area contributed by atoms with E-state index in [0.29, 0.717) is 6.04 Å². The molecule has 0 radical (unpaired) electrons. The summed E-state index contributed by atoms with van der Waals surface area (Å²) in [5, 5.41) is 3.52. The summed E-state index contributed by atoms with van der Waals surface area (Å²) < 4.78 is 0. The molecule has 4 unspecified atom stereocenters. The Kier molecular flexibility index (Phi) is 2.61. The zero-order valence-corrected chi connectivity index (χ0v) is 9.09. The zero-order valence-electron chi connectivity index (χ0n) is 9.09. The molecule has 4 atom stereocenters. The Morgan fingerprint density at radius 3 is 2.62 bits per heavy atom. The Labute approximate surface area is 81.7 Å². The minimum absolute atomic E-state index is 0.685. The second-order valence-electron chi connectivity index (χ2n) is 5.09. The number of nitrogens with zero attached hydrogens (tertiary/aromatic N) is 1. The highest BCUT2D eigenvalue weighted by Crippen LogP contribution is 2.38. The van der Waals surface area contributed by atoms with E-state index in [2.05, 4.69) is 31.0 Å². The summed E-state index contributed by atoms with van der Waals surface area (Å²) in [5.74, 6) is 2.00. The summed E-state index contributed by atoms with van der Waals surface area (Å²) >= 11 is 0. The lowest BCUT2D eigenvalue weighted by atomic mass is 10.1. The van der Waals surface area contributed by atoms with E-state index in [-0.39, 0.29) is 0 Å². The van der Waals surface area contributed by atoms with Gasteiger partial charge >= 0.3 is 0 Å². The third-order valence-corrected chi connectivity index (χ3v) is 3.64. The van der Waals surface area contributed by atoms with Gasteiger partial charge in [-0.3, -0.25) is 4.90 Å². The zero-order chi connectivity index (χ0) is 9.42. The van der Waals surface area contributed by atoms with Gasteiger partial charge in [0, 0.05) is 31.7 Å². The van der Waals surface area contributed by atoms with Gasteiger partial charge in [-0.15, -0.1) is 0 Å². The van der Waals surface area contributed by atoms with E-state index < -0.39 is 0 Å². The van der Waals surface area contributed by atoms with Crippen LogP contribution >= 0.6 is 0 Å². The maximum atomic E-state index is 3.52. The Balaban J connectivity index is 1.81. The van der Waals surface area contributed by atoms with Crippen molar-refractivity contribution in [2.24, 2.45) is 11.8 Å². The Morgan fingerprint density at radius 2 is 2.00 bits per heavy atom. The van der Waals surface area contributed by atoms with Crippen LogP contribution in [-0.4, -0.2) is 36.6 Å². The second-order valence-corrected chi connectivity index (χ2v) is 5.09. The van der Waals surface area contributed by atoms with Crippen LogP contribution in [0.2, 0.25) is 0 Å². The lowest BCUT2D eigenvalue weighted by molar-refractivity contribution is 0.138. The molecule has 0 spiro atoms. The van der Waals surface area contributed by atoms with Crippen molar-refractivity contribution in [3.63, 3.8) is 0 Å². The van der Waals surface area contributed by atoms with Crippen LogP contribution < -0.4 is 5.32 Å². The van der Waals surface area contributed by atoms with E-state index in [4.69, 9.17) is 0 Å². The molecular formula is C11H22N2. The summed E-state index contributed by atoms with van der Waals surface area (Å²) in [6, 6.07) is 1.43. The van der Waals surface area contributed by atoms with E-state index in [1.807, 2.05) is 0 Å². The van der Waals surface area contributed by atoms with Crippen molar-refractivity contribution in [3.05, 3.63) is 0 Å². The molecule has 1 aliphatic heterocycles. The highest BCUT2D eigenvalue weighted by Gasteiger charge is 2.35. The smallest absolute Gasteiger partial charge is 0.0193 e. The van der Waals surface area contributed by atoms with Gasteiger partial charge in [0.2, 0.25) is 0 Å². The molecule has 13 heavy (non-hydrogen) atoms. The number of hydrogen-bond donors (Lipinski definition) is 1. The predicted molar refractivity (Wildman–Crippen MR) is 55.8 cm³/mol. The fraction of sp³-hybridized carbons (Fsp3) is 1.00. The van der Waals surface area contributed by atoms with Crippen LogP contribution in [0.5, 0.6) is 0 Å². The molecule has 0 aromatic rings. The fourth-order valence-electron chi connectivity index (χ4n) is 2.31. The molecule has 1 saturated heterocycles. The van der Waals surface area contributed by atoms with Gasteiger partial charge < -0.3 is 5.32 Å². The Bertz CT molecular complexity index is 181. The standard InChI is InChI=1S/C11H22N2/c1-8-4-11(8)7-13-6-9(2)12-5-10(13)3/h8-12H,4-7H2,1-3H3. The molecule has 2 rings (SSSR count). The highest BCUT2D eigenvalue weighted by molar-refractivity contribution is 4.89. The monoisotopic (exact) mass is 182 g/mol. The summed E-state index contributed by atoms with van der Waals surface area (Å²) in [4.78, 5) is 2.66. The van der Waals surface area contributed by atoms with Crippen molar-refractivity contribution >= 4 is 0 Å². The molecule has 2 nitrogen and oxygen atoms in total. The summed E-state index contributed by atoms with van der Waals surface area (Å²) in [6.07, 6.45) is 1.46. The van der Waals surface area contributed by atoms with Crippen molar-refractivity contribution in [3.8, 4) is 0 Å². The molecule has 76 valence electrons. The lowest BCUT2D eigenvalue weighted by Gasteiger charge is -2.37. The third kappa shape index (κ3) is 2.23. The van der Waals surface area contributed by atoms with Gasteiger partial charge in [0.25, 0.3) is 0 Å². The van der Waals surface area contributed by atoms with Crippen molar-refractivity contribution in [1.29, 1.82) is 0 Å². The quantitative estimate of drug-likeness (QED) is 0.693. The largest absolute Gasteiger partial charge is 0.311 e. The SMILES string of the molecule is CC1CN(CC2CC2C)C(C)CN1. The van der Waals surface area contributed by atoms with E-state index in [0.717, 1.165) is 17.9 Å². The fourth-order valence-corrected chi connectivity index (χ4v) is 2.31. The minimum atomic E-state index is 0.685. The van der Waals surface area contributed by atoms with Crippen molar-refractivity contribution in [2.75, 3.05) is 19.6 Å². The van der Waals surface area contributed by atoms with Gasteiger partial charge in [-0.05, 0) is 32.1 Å². The summed E-state index contributed by atoms with van der Waals surface area (Å²) in [7, 11) is 0. The van der Waals surface area contributed by atoms with Crippen LogP contribution in [0.4, 0.5) is 0 Å². The first kappa shape index (κ1) is 9.47. The molecule has 1 saturated carbocycles. The normalized spacial score (nSPS) is 46.4. The van der Waals surface area contributed by atoms with Gasteiger partial charge in [-0.1, -0.05) is 6.92 Å². The molecule has 0 bridgehead atoms. The van der Waals surface area contributed by atoms with Crippen LogP contribution in [0.15, 0.2) is 0 Å². The molecule has 2 fully saturated rings. The Hall–Kier alpha value is -0.0800. The van der Waals surface area contributed by atoms with Crippen LogP contribution in [0.3, 0.4) is 0 Å². The minimum Gasteiger partial charge on any atom is -0.311 e. The molecule has 1 aliphatic carbocycles. The summed E-state index contributed by atoms with van der Waals surface area (Å²) in [5.41, 5.74) is 0. The topological polar surface area (TPSA) is 15.3 Å². The van der Waals surface area contributed by atoms with Gasteiger partial charge in [0.05, 0.1) is 0 Å². The predicted octanol–water partition coefficient (Wildman–Crippen LogP) is 1.32. The van der Waals surface area contributed by atoms with Crippen LogP contribution in [0, 0.1) is 11.8 Å². The van der Waals surface area contributed by atoms with Crippen molar-refractivity contribution in [2.45, 2.75) is 39.3 Å². The number of rotatable bonds is 2. The van der Waals surface area contributed by atoms with E-state index >= 15 is 0 Å². The summed E-state index contributed by atoms with van der Waals surface area (Å²) in [6.45, 7) is 10.8. The molecule has 1 N–H and O–H groups in total. The van der Waals surface area contributed by atoms with Crippen LogP contribution in [-0.2, 0) is 0 Å². The highest BCUT2D eigenvalue weighted by atomic mass is 15.2. The number of piperazine rings is 1. The van der Waals surface area contributed by atoms with E-state index in [1.165, 1.54) is 26.1 Å². The molecule has 0 amide bonds. The van der Waals surface area contributed by atoms with Crippen LogP contribution in [0.25, 0.3) is 0 Å². The Morgan fingerprint density at radius 1 is 1.31 bits per heavy atom. The van der Waals surface area contributed by atoms with Crippen molar-refractivity contribution in [1.82, 2.24) is 10.2 Å². The first-order chi connectivity index (χ1) is 6.16. The average molecular weight is 182 g/mol. The lowest BCUT2D eigenvalue weighted by Crippen LogP contribution is -2.54. The van der Waals surface area contributed by atoms with Crippen LogP contribution in [0.1, 0.15) is 27.2 Å². The van der Waals surface area contributed by atoms with E-state index in [1.54, 1.807) is 0 Å². The maximum absolute atomic E-state index is 3.52. The number of nitrogens with one attached hydrogen (secondary N) is 1. The van der Waals surface area contributed by atoms with Gasteiger partial charge in [-0.25, -0.2) is 0 Å². The van der Waals surface area contributed by atoms with E-state index in [9.17, 15) is 0 Å². The third-order valence-electron chi connectivity index (χ3n) is 3.64. The average Bonchev–Trinajstić information content (AvgIpc) is 2.75. The maximum Gasteiger partial charge on any atom is 0.0193 e. The molecule has 1 heterocycles. The first-order valence-corrected chi connectivity index (χ1v) is 5.64. The molecule has 2 aliphatic rings. The second kappa shape index (κ2) is 3.58. The number of hydrogen-bond acceptors (Lipinski definition) is 2. The van der Waals surface area contributed by atoms with Gasteiger partial charge in [0.15, 0.2) is 0 Å². The van der Waals surface area contributed by atoms with Gasteiger partial charge in [0.1, 0.15) is 0 Å². The van der Waals surface area contributed by atoms with Crippen molar-refractivity contribution < 1.29 is 0 Å². The van der Waals surface area contributed by atoms with Gasteiger partial charge in [-0.2, -0.15) is 0 Å². The molecule has 0 aromatic carbocycles. The molecule has 0 aromatic heterocycles. The molecule has 2 heteroatoms. The molecular weight excluding hydrogens is 160 g/mol. The first-order valence-electron chi connectivity index (χ1n) is 5.64.